The molecule has 0 heterocycles. The van der Waals surface area contributed by atoms with Crippen molar-refractivity contribution in [2.75, 3.05) is 7.11 Å². The van der Waals surface area contributed by atoms with Gasteiger partial charge in [0.05, 0.1) is 12.7 Å². The summed E-state index contributed by atoms with van der Waals surface area (Å²) >= 11 is 0. The number of rotatable bonds is 2. The minimum atomic E-state index is -0.466. The van der Waals surface area contributed by atoms with E-state index in [1.54, 1.807) is 24.3 Å². The zero-order chi connectivity index (χ0) is 15.9. The van der Waals surface area contributed by atoms with Gasteiger partial charge in [-0.2, -0.15) is 0 Å². The molecule has 110 valence electrons. The number of esters is 1. The molecular weight excluding hydrogens is 284 g/mol. The largest absolute Gasteiger partial charge is 0.495 e. The molecule has 0 N–H and O–H groups in total. The summed E-state index contributed by atoms with van der Waals surface area (Å²) < 4.78 is 10.5. The first-order valence-corrected chi connectivity index (χ1v) is 6.62. The standard InChI is InChI=1S/C17H12O5/c1-9(18)22-15-5-3-4-10-11(15)8-12-13(19)6-7-14(20)16(12)17(10)21-2/h3-8H,1-2H3. The highest BCUT2D eigenvalue weighted by Crippen LogP contribution is 2.39. The smallest absolute Gasteiger partial charge is 0.308 e. The fraction of sp³-hybridized carbons (Fsp3) is 0.118. The van der Waals surface area contributed by atoms with Crippen LogP contribution in [0.2, 0.25) is 0 Å². The van der Waals surface area contributed by atoms with Gasteiger partial charge in [-0.3, -0.25) is 14.4 Å². The zero-order valence-electron chi connectivity index (χ0n) is 12.0. The van der Waals surface area contributed by atoms with E-state index in [0.717, 1.165) is 0 Å². The first kappa shape index (κ1) is 14.0. The third kappa shape index (κ3) is 2.07. The molecule has 0 unspecified atom stereocenters. The number of fused-ring (bicyclic) bond motifs is 2. The van der Waals surface area contributed by atoms with Gasteiger partial charge in [-0.05, 0) is 24.3 Å². The van der Waals surface area contributed by atoms with Crippen LogP contribution in [-0.4, -0.2) is 24.6 Å². The van der Waals surface area contributed by atoms with E-state index in [4.69, 9.17) is 9.47 Å². The Morgan fingerprint density at radius 3 is 2.45 bits per heavy atom. The fourth-order valence-corrected chi connectivity index (χ4v) is 2.58. The second-order valence-electron chi connectivity index (χ2n) is 4.84. The number of ether oxygens (including phenoxy) is 2. The lowest BCUT2D eigenvalue weighted by molar-refractivity contribution is -0.131. The molecule has 0 atom stereocenters. The summed E-state index contributed by atoms with van der Waals surface area (Å²) in [6.07, 6.45) is 2.46. The topological polar surface area (TPSA) is 69.7 Å². The Hall–Kier alpha value is -2.95. The Balaban J connectivity index is 2.40. The monoisotopic (exact) mass is 296 g/mol. The summed E-state index contributed by atoms with van der Waals surface area (Å²) in [6, 6.07) is 6.63. The molecule has 1 aliphatic rings. The lowest BCUT2D eigenvalue weighted by atomic mass is 9.90. The number of allylic oxidation sites excluding steroid dienone is 2. The Labute approximate surface area is 126 Å². The maximum absolute atomic E-state index is 12.1. The Kier molecular flexibility index (Phi) is 3.25. The summed E-state index contributed by atoms with van der Waals surface area (Å²) in [7, 11) is 1.43. The van der Waals surface area contributed by atoms with Crippen molar-refractivity contribution in [2.45, 2.75) is 6.92 Å². The molecule has 1 aliphatic carbocycles. The average Bonchev–Trinajstić information content (AvgIpc) is 2.49. The van der Waals surface area contributed by atoms with Crippen LogP contribution in [0.1, 0.15) is 27.6 Å². The predicted octanol–water partition coefficient (Wildman–Crippen LogP) is 2.71. The lowest BCUT2D eigenvalue weighted by Gasteiger charge is -2.17. The molecule has 0 spiro atoms. The summed E-state index contributed by atoms with van der Waals surface area (Å²) in [5.74, 6) is -0.407. The summed E-state index contributed by atoms with van der Waals surface area (Å²) in [4.78, 5) is 35.4. The highest BCUT2D eigenvalue weighted by Gasteiger charge is 2.26. The third-order valence-corrected chi connectivity index (χ3v) is 3.45. The van der Waals surface area contributed by atoms with Crippen LogP contribution in [0.5, 0.6) is 11.5 Å². The van der Waals surface area contributed by atoms with Crippen LogP contribution < -0.4 is 9.47 Å². The zero-order valence-corrected chi connectivity index (χ0v) is 12.0. The van der Waals surface area contributed by atoms with Crippen LogP contribution in [0.25, 0.3) is 10.8 Å². The SMILES string of the molecule is COc1c2c(cc3c(OC(C)=O)cccc13)C(=O)C=CC2=O. The number of benzene rings is 2. The number of ketones is 2. The quantitative estimate of drug-likeness (QED) is 0.629. The van der Waals surface area contributed by atoms with Crippen molar-refractivity contribution in [3.05, 3.63) is 47.5 Å². The summed E-state index contributed by atoms with van der Waals surface area (Å²) in [6.45, 7) is 1.30. The molecule has 0 amide bonds. The minimum Gasteiger partial charge on any atom is -0.495 e. The van der Waals surface area contributed by atoms with Crippen LogP contribution >= 0.6 is 0 Å². The molecule has 0 saturated carbocycles. The van der Waals surface area contributed by atoms with Gasteiger partial charge in [0.2, 0.25) is 0 Å². The van der Waals surface area contributed by atoms with E-state index in [1.165, 1.54) is 26.2 Å². The second kappa shape index (κ2) is 5.11. The highest BCUT2D eigenvalue weighted by atomic mass is 16.5. The highest BCUT2D eigenvalue weighted by molar-refractivity contribution is 6.25. The van der Waals surface area contributed by atoms with E-state index in [1.807, 2.05) is 0 Å². The molecule has 5 heteroatoms. The van der Waals surface area contributed by atoms with Gasteiger partial charge in [0.15, 0.2) is 11.6 Å². The van der Waals surface area contributed by atoms with E-state index in [9.17, 15) is 14.4 Å². The fourth-order valence-electron chi connectivity index (χ4n) is 2.58. The molecule has 0 bridgehead atoms. The van der Waals surface area contributed by atoms with E-state index in [2.05, 4.69) is 0 Å². The van der Waals surface area contributed by atoms with Crippen molar-refractivity contribution in [3.8, 4) is 11.5 Å². The van der Waals surface area contributed by atoms with Crippen molar-refractivity contribution in [2.24, 2.45) is 0 Å². The Bertz CT molecular complexity index is 861. The van der Waals surface area contributed by atoms with Gasteiger partial charge in [0, 0.05) is 23.3 Å². The van der Waals surface area contributed by atoms with Gasteiger partial charge >= 0.3 is 5.97 Å². The number of carbonyl (C=O) groups excluding carboxylic acids is 3. The number of hydrogen-bond donors (Lipinski definition) is 0. The first-order valence-electron chi connectivity index (χ1n) is 6.62. The molecule has 3 rings (SSSR count). The van der Waals surface area contributed by atoms with Crippen LogP contribution in [0.4, 0.5) is 0 Å². The van der Waals surface area contributed by atoms with Crippen molar-refractivity contribution < 1.29 is 23.9 Å². The Morgan fingerprint density at radius 2 is 1.77 bits per heavy atom. The molecule has 2 aromatic carbocycles. The van der Waals surface area contributed by atoms with Crippen molar-refractivity contribution in [1.82, 2.24) is 0 Å². The van der Waals surface area contributed by atoms with Gasteiger partial charge in [0.25, 0.3) is 0 Å². The number of carbonyl (C=O) groups is 3. The summed E-state index contributed by atoms with van der Waals surface area (Å²) in [5, 5.41) is 1.15. The number of methoxy groups -OCH3 is 1. The van der Waals surface area contributed by atoms with Gasteiger partial charge in [0.1, 0.15) is 11.5 Å². The molecule has 22 heavy (non-hydrogen) atoms. The predicted molar refractivity (Wildman–Crippen MR) is 79.6 cm³/mol. The van der Waals surface area contributed by atoms with E-state index < -0.39 is 5.97 Å². The molecule has 5 nitrogen and oxygen atoms in total. The molecule has 2 aromatic rings. The van der Waals surface area contributed by atoms with Gasteiger partial charge in [-0.25, -0.2) is 0 Å². The van der Waals surface area contributed by atoms with Crippen LogP contribution in [0.3, 0.4) is 0 Å². The molecule has 0 saturated heterocycles. The minimum absolute atomic E-state index is 0.238. The maximum atomic E-state index is 12.1. The van der Waals surface area contributed by atoms with Gasteiger partial charge < -0.3 is 9.47 Å². The molecule has 0 radical (unpaired) electrons. The van der Waals surface area contributed by atoms with Crippen LogP contribution in [0.15, 0.2) is 36.4 Å². The van der Waals surface area contributed by atoms with Crippen LogP contribution in [-0.2, 0) is 4.79 Å². The van der Waals surface area contributed by atoms with E-state index in [-0.39, 0.29) is 22.7 Å². The maximum Gasteiger partial charge on any atom is 0.308 e. The van der Waals surface area contributed by atoms with Gasteiger partial charge in [-0.1, -0.05) is 12.1 Å². The Morgan fingerprint density at radius 1 is 1.05 bits per heavy atom. The second-order valence-corrected chi connectivity index (χ2v) is 4.84. The first-order chi connectivity index (χ1) is 10.5. The normalized spacial score (nSPS) is 13.2. The van der Waals surface area contributed by atoms with Crippen LogP contribution in [0, 0.1) is 0 Å². The van der Waals surface area contributed by atoms with Gasteiger partial charge in [-0.15, -0.1) is 0 Å². The van der Waals surface area contributed by atoms with E-state index in [0.29, 0.717) is 22.3 Å². The lowest BCUT2D eigenvalue weighted by Crippen LogP contribution is -2.13. The molecule has 0 fully saturated rings. The van der Waals surface area contributed by atoms with Crippen molar-refractivity contribution in [1.29, 1.82) is 0 Å². The molecule has 0 aliphatic heterocycles. The average molecular weight is 296 g/mol. The number of hydrogen-bond acceptors (Lipinski definition) is 5. The molecular formula is C17H12O5. The van der Waals surface area contributed by atoms with Crippen molar-refractivity contribution >= 4 is 28.3 Å². The summed E-state index contributed by atoms with van der Waals surface area (Å²) in [5.41, 5.74) is 0.485. The molecule has 0 aromatic heterocycles. The third-order valence-electron chi connectivity index (χ3n) is 3.45. The van der Waals surface area contributed by atoms with Crippen molar-refractivity contribution in [3.63, 3.8) is 0 Å². The van der Waals surface area contributed by atoms with E-state index >= 15 is 0 Å².